The van der Waals surface area contributed by atoms with Crippen molar-refractivity contribution >= 4 is 40.9 Å². The number of carbonyl (C=O) groups is 1. The predicted octanol–water partition coefficient (Wildman–Crippen LogP) is 3.97. The van der Waals surface area contributed by atoms with E-state index in [-0.39, 0.29) is 22.7 Å². The number of carbonyl (C=O) groups excluding carboxylic acids is 1. The fourth-order valence-corrected chi connectivity index (χ4v) is 2.23. The number of rotatable bonds is 5. The van der Waals surface area contributed by atoms with Crippen LogP contribution in [0.5, 0.6) is 0 Å². The average molecular weight is 361 g/mol. The van der Waals surface area contributed by atoms with Gasteiger partial charge in [0.2, 0.25) is 0 Å². The summed E-state index contributed by atoms with van der Waals surface area (Å²) >= 11 is 10.8. The van der Waals surface area contributed by atoms with Gasteiger partial charge in [-0.05, 0) is 37.3 Å². The molecule has 7 heteroatoms. The quantitative estimate of drug-likeness (QED) is 0.375. The number of furan rings is 1. The minimum absolute atomic E-state index is 0.00783. The molecule has 0 bridgehead atoms. The van der Waals surface area contributed by atoms with Crippen LogP contribution in [0.2, 0.25) is 5.02 Å². The smallest absolute Gasteiger partial charge is 0.339 e. The summed E-state index contributed by atoms with van der Waals surface area (Å²) < 4.78 is 10.6. The molecule has 0 aliphatic heterocycles. The van der Waals surface area contributed by atoms with Gasteiger partial charge in [0.25, 0.3) is 0 Å². The van der Waals surface area contributed by atoms with Gasteiger partial charge in [-0.1, -0.05) is 23.8 Å². The van der Waals surface area contributed by atoms with Crippen molar-refractivity contribution < 1.29 is 13.9 Å². The maximum absolute atomic E-state index is 11.9. The molecule has 0 aliphatic carbocycles. The van der Waals surface area contributed by atoms with Gasteiger partial charge in [-0.15, -0.1) is 0 Å². The Hall–Kier alpha value is -2.62. The van der Waals surface area contributed by atoms with Gasteiger partial charge in [-0.2, -0.15) is 5.26 Å². The summed E-state index contributed by atoms with van der Waals surface area (Å²) in [5.41, 5.74) is 6.50. The number of hydrogen-bond acceptors (Lipinski definition) is 5. The summed E-state index contributed by atoms with van der Waals surface area (Å²) in [6, 6.07) is 10.2. The van der Waals surface area contributed by atoms with Gasteiger partial charge in [0, 0.05) is 11.6 Å². The third kappa shape index (κ3) is 4.02. The van der Waals surface area contributed by atoms with Gasteiger partial charge in [-0.3, -0.25) is 0 Å². The number of ether oxygens (including phenoxy) is 1. The summed E-state index contributed by atoms with van der Waals surface area (Å²) in [6.07, 6.45) is 1.45. The second-order valence-electron chi connectivity index (χ2n) is 4.65. The lowest BCUT2D eigenvalue weighted by molar-refractivity contribution is 0.0526. The van der Waals surface area contributed by atoms with E-state index >= 15 is 0 Å². The van der Waals surface area contributed by atoms with Crippen molar-refractivity contribution in [3.63, 3.8) is 0 Å². The van der Waals surface area contributed by atoms with E-state index in [2.05, 4.69) is 0 Å². The highest BCUT2D eigenvalue weighted by atomic mass is 35.5. The Kier molecular flexibility index (Phi) is 5.74. The highest BCUT2D eigenvalue weighted by Gasteiger charge is 2.14. The second kappa shape index (κ2) is 7.77. The molecule has 1 heterocycles. The zero-order valence-corrected chi connectivity index (χ0v) is 14.3. The van der Waals surface area contributed by atoms with E-state index in [0.29, 0.717) is 22.1 Å². The van der Waals surface area contributed by atoms with Crippen LogP contribution in [-0.4, -0.2) is 17.6 Å². The molecule has 24 heavy (non-hydrogen) atoms. The zero-order chi connectivity index (χ0) is 17.7. The van der Waals surface area contributed by atoms with Crippen LogP contribution in [0.25, 0.3) is 17.4 Å². The fourth-order valence-electron chi connectivity index (χ4n) is 1.93. The monoisotopic (exact) mass is 360 g/mol. The van der Waals surface area contributed by atoms with Crippen molar-refractivity contribution in [1.29, 1.82) is 5.26 Å². The van der Waals surface area contributed by atoms with Crippen LogP contribution >= 0.6 is 23.8 Å². The highest BCUT2D eigenvalue weighted by Crippen LogP contribution is 2.28. The Bertz CT molecular complexity index is 865. The van der Waals surface area contributed by atoms with Gasteiger partial charge in [0.05, 0.1) is 22.8 Å². The third-order valence-electron chi connectivity index (χ3n) is 3.05. The molecule has 0 saturated heterocycles. The molecule has 1 aromatic heterocycles. The number of esters is 1. The summed E-state index contributed by atoms with van der Waals surface area (Å²) in [4.78, 5) is 11.9. The van der Waals surface area contributed by atoms with Crippen LogP contribution in [0.3, 0.4) is 0 Å². The molecule has 0 radical (unpaired) electrons. The third-order valence-corrected chi connectivity index (χ3v) is 3.60. The van der Waals surface area contributed by atoms with E-state index in [1.807, 2.05) is 6.07 Å². The molecule has 0 spiro atoms. The molecule has 122 valence electrons. The number of halogens is 1. The van der Waals surface area contributed by atoms with Crippen molar-refractivity contribution in [2.24, 2.45) is 5.73 Å². The first-order chi connectivity index (χ1) is 11.5. The van der Waals surface area contributed by atoms with E-state index in [1.54, 1.807) is 37.3 Å². The second-order valence-corrected chi connectivity index (χ2v) is 5.50. The van der Waals surface area contributed by atoms with Crippen molar-refractivity contribution in [2.75, 3.05) is 6.61 Å². The number of benzene rings is 1. The Balaban J connectivity index is 2.37. The Morgan fingerprint density at radius 1 is 1.46 bits per heavy atom. The van der Waals surface area contributed by atoms with Crippen LogP contribution in [0, 0.1) is 11.3 Å². The summed E-state index contributed by atoms with van der Waals surface area (Å²) in [5.74, 6) is 0.418. The molecular formula is C17H13ClN2O3S. The number of nitrogens with zero attached hydrogens (tertiary/aromatic N) is 1. The lowest BCUT2D eigenvalue weighted by Crippen LogP contribution is -2.09. The van der Waals surface area contributed by atoms with Crippen molar-refractivity contribution in [3.05, 3.63) is 52.3 Å². The fraction of sp³-hybridized carbons (Fsp3) is 0.118. The first-order valence-corrected chi connectivity index (χ1v) is 7.73. The molecule has 0 fully saturated rings. The number of nitrogens with two attached hydrogens (primary N) is 1. The highest BCUT2D eigenvalue weighted by molar-refractivity contribution is 7.80. The van der Waals surface area contributed by atoms with Crippen molar-refractivity contribution in [1.82, 2.24) is 0 Å². The standard InChI is InChI=1S/C17H13ClN2O3S/c1-2-22-17(21)13-8-10(3-5-14(13)18)15-6-4-12(23-15)7-11(9-19)16(20)24/h3-8H,2H2,1H3,(H2,20,24). The molecule has 0 unspecified atom stereocenters. The predicted molar refractivity (Wildman–Crippen MR) is 95.5 cm³/mol. The van der Waals surface area contributed by atoms with Crippen LogP contribution in [0.4, 0.5) is 0 Å². The number of hydrogen-bond donors (Lipinski definition) is 1. The van der Waals surface area contributed by atoms with E-state index in [9.17, 15) is 4.79 Å². The zero-order valence-electron chi connectivity index (χ0n) is 12.7. The van der Waals surface area contributed by atoms with Crippen molar-refractivity contribution in [3.8, 4) is 17.4 Å². The minimum Gasteiger partial charge on any atom is -0.462 e. The molecule has 0 amide bonds. The van der Waals surface area contributed by atoms with Crippen LogP contribution < -0.4 is 5.73 Å². The lowest BCUT2D eigenvalue weighted by Gasteiger charge is -2.05. The van der Waals surface area contributed by atoms with Gasteiger partial charge in [0.1, 0.15) is 22.6 Å². The molecule has 5 nitrogen and oxygen atoms in total. The van der Waals surface area contributed by atoms with Gasteiger partial charge in [0.15, 0.2) is 0 Å². The number of thiocarbonyl (C=S) groups is 1. The van der Waals surface area contributed by atoms with Crippen LogP contribution in [0.1, 0.15) is 23.0 Å². The van der Waals surface area contributed by atoms with E-state index < -0.39 is 5.97 Å². The Labute approximate surface area is 149 Å². The molecule has 0 atom stereocenters. The largest absolute Gasteiger partial charge is 0.462 e. The van der Waals surface area contributed by atoms with E-state index in [0.717, 1.165) is 0 Å². The SMILES string of the molecule is CCOC(=O)c1cc(-c2ccc(C=C(C#N)C(N)=S)o2)ccc1Cl. The first-order valence-electron chi connectivity index (χ1n) is 6.94. The van der Waals surface area contributed by atoms with Gasteiger partial charge >= 0.3 is 5.97 Å². The Morgan fingerprint density at radius 2 is 2.21 bits per heavy atom. The molecule has 2 N–H and O–H groups in total. The summed E-state index contributed by atoms with van der Waals surface area (Å²) in [6.45, 7) is 1.97. The first kappa shape index (κ1) is 17.7. The maximum atomic E-state index is 11.9. The molecule has 2 aromatic rings. The topological polar surface area (TPSA) is 89.2 Å². The Morgan fingerprint density at radius 3 is 2.83 bits per heavy atom. The summed E-state index contributed by atoms with van der Waals surface area (Å²) in [7, 11) is 0. The van der Waals surface area contributed by atoms with E-state index in [4.69, 9.17) is 44.0 Å². The maximum Gasteiger partial charge on any atom is 0.339 e. The number of nitriles is 1. The molecule has 0 aliphatic rings. The van der Waals surface area contributed by atoms with Gasteiger partial charge < -0.3 is 14.9 Å². The molecular weight excluding hydrogens is 348 g/mol. The lowest BCUT2D eigenvalue weighted by atomic mass is 10.1. The van der Waals surface area contributed by atoms with E-state index in [1.165, 1.54) is 6.08 Å². The van der Waals surface area contributed by atoms with Crippen LogP contribution in [0.15, 0.2) is 40.3 Å². The van der Waals surface area contributed by atoms with Crippen LogP contribution in [-0.2, 0) is 4.74 Å². The average Bonchev–Trinajstić information content (AvgIpc) is 3.01. The normalized spacial score (nSPS) is 11.0. The minimum atomic E-state index is -0.503. The molecule has 0 saturated carbocycles. The van der Waals surface area contributed by atoms with Crippen molar-refractivity contribution in [2.45, 2.75) is 6.92 Å². The summed E-state index contributed by atoms with van der Waals surface area (Å²) in [5, 5.41) is 9.26. The molecule has 2 rings (SSSR count). The van der Waals surface area contributed by atoms with Gasteiger partial charge in [-0.25, -0.2) is 4.79 Å². The molecule has 1 aromatic carbocycles.